The van der Waals surface area contributed by atoms with Crippen LogP contribution in [0.2, 0.25) is 0 Å². The number of nitrogens with one attached hydrogen (secondary N) is 1. The van der Waals surface area contributed by atoms with Crippen LogP contribution in [-0.4, -0.2) is 23.9 Å². The first-order chi connectivity index (χ1) is 10.3. The molecule has 110 valence electrons. The Bertz CT molecular complexity index is 592. The molecule has 2 unspecified atom stereocenters. The van der Waals surface area contributed by atoms with E-state index in [9.17, 15) is 0 Å². The molecule has 0 amide bonds. The predicted octanol–water partition coefficient (Wildman–Crippen LogP) is 3.46. The van der Waals surface area contributed by atoms with Gasteiger partial charge in [-0.15, -0.1) is 11.8 Å². The minimum atomic E-state index is 0.273. The van der Waals surface area contributed by atoms with Crippen molar-refractivity contribution in [3.8, 4) is 5.75 Å². The second kappa shape index (κ2) is 6.50. The van der Waals surface area contributed by atoms with E-state index >= 15 is 0 Å². The van der Waals surface area contributed by atoms with Gasteiger partial charge in [-0.2, -0.15) is 0 Å². The lowest BCUT2D eigenvalue weighted by Gasteiger charge is -2.22. The van der Waals surface area contributed by atoms with Gasteiger partial charge in [-0.05, 0) is 43.7 Å². The van der Waals surface area contributed by atoms with Crippen LogP contribution in [0.15, 0.2) is 47.6 Å². The summed E-state index contributed by atoms with van der Waals surface area (Å²) in [5, 5.41) is 3.94. The standard InChI is InChI=1S/C17H20N2OS/c1-3-20-14-8-13(10-19-11-14)17(18-2)16-9-12-6-4-5-7-15(12)21-16/h4-8,10-11,16-18H,3,9H2,1-2H3. The SMILES string of the molecule is CCOc1cncc(C(NC)C2Cc3ccccc3S2)c1. The molecular weight excluding hydrogens is 280 g/mol. The van der Waals surface area contributed by atoms with Gasteiger partial charge >= 0.3 is 0 Å². The average Bonchev–Trinajstić information content (AvgIpc) is 2.92. The molecule has 2 aromatic rings. The smallest absolute Gasteiger partial charge is 0.137 e. The summed E-state index contributed by atoms with van der Waals surface area (Å²) in [5.74, 6) is 0.843. The third kappa shape index (κ3) is 3.06. The van der Waals surface area contributed by atoms with Crippen LogP contribution in [0.1, 0.15) is 24.1 Å². The summed E-state index contributed by atoms with van der Waals surface area (Å²) < 4.78 is 5.57. The average molecular weight is 300 g/mol. The topological polar surface area (TPSA) is 34.1 Å². The molecule has 4 heteroatoms. The van der Waals surface area contributed by atoms with Crippen molar-refractivity contribution in [2.45, 2.75) is 29.5 Å². The number of ether oxygens (including phenoxy) is 1. The quantitative estimate of drug-likeness (QED) is 0.917. The fourth-order valence-electron chi connectivity index (χ4n) is 2.81. The normalized spacial score (nSPS) is 18.3. The van der Waals surface area contributed by atoms with E-state index in [-0.39, 0.29) is 6.04 Å². The van der Waals surface area contributed by atoms with Crippen LogP contribution in [0.5, 0.6) is 5.75 Å². The molecule has 0 radical (unpaired) electrons. The first-order valence-corrected chi connectivity index (χ1v) is 8.19. The maximum absolute atomic E-state index is 5.57. The summed E-state index contributed by atoms with van der Waals surface area (Å²) in [6.45, 7) is 2.66. The van der Waals surface area contributed by atoms with Crippen LogP contribution in [-0.2, 0) is 6.42 Å². The second-order valence-corrected chi connectivity index (χ2v) is 6.40. The Hall–Kier alpha value is -1.52. The molecule has 1 aliphatic rings. The lowest BCUT2D eigenvalue weighted by molar-refractivity contribution is 0.338. The van der Waals surface area contributed by atoms with Crippen molar-refractivity contribution in [3.05, 3.63) is 53.9 Å². The monoisotopic (exact) mass is 300 g/mol. The Morgan fingerprint density at radius 1 is 1.38 bits per heavy atom. The molecule has 1 aromatic carbocycles. The number of benzene rings is 1. The molecule has 2 heterocycles. The molecule has 0 bridgehead atoms. The molecule has 1 aliphatic heterocycles. The number of rotatable bonds is 5. The van der Waals surface area contributed by atoms with Crippen LogP contribution >= 0.6 is 11.8 Å². The number of aromatic nitrogens is 1. The van der Waals surface area contributed by atoms with Crippen LogP contribution < -0.4 is 10.1 Å². The number of hydrogen-bond acceptors (Lipinski definition) is 4. The van der Waals surface area contributed by atoms with Crippen LogP contribution in [0.4, 0.5) is 0 Å². The van der Waals surface area contributed by atoms with Gasteiger partial charge in [0.2, 0.25) is 0 Å². The molecule has 0 spiro atoms. The molecule has 0 saturated carbocycles. The Morgan fingerprint density at radius 3 is 3.00 bits per heavy atom. The fourth-order valence-corrected chi connectivity index (χ4v) is 4.29. The third-order valence-electron chi connectivity index (χ3n) is 3.76. The number of hydrogen-bond donors (Lipinski definition) is 1. The lowest BCUT2D eigenvalue weighted by atomic mass is 10.00. The summed E-state index contributed by atoms with van der Waals surface area (Å²) >= 11 is 1.95. The maximum atomic E-state index is 5.57. The highest BCUT2D eigenvalue weighted by Crippen LogP contribution is 2.42. The number of nitrogens with zero attached hydrogens (tertiary/aromatic N) is 1. The van der Waals surface area contributed by atoms with Gasteiger partial charge < -0.3 is 10.1 Å². The van der Waals surface area contributed by atoms with Gasteiger partial charge in [-0.3, -0.25) is 4.98 Å². The van der Waals surface area contributed by atoms with Crippen LogP contribution in [0.3, 0.4) is 0 Å². The van der Waals surface area contributed by atoms with E-state index in [0.717, 1.165) is 12.2 Å². The summed E-state index contributed by atoms with van der Waals surface area (Å²) in [4.78, 5) is 5.72. The van der Waals surface area contributed by atoms with Crippen molar-refractivity contribution in [1.29, 1.82) is 0 Å². The molecule has 1 N–H and O–H groups in total. The van der Waals surface area contributed by atoms with E-state index in [1.807, 2.05) is 31.9 Å². The zero-order valence-electron chi connectivity index (χ0n) is 12.4. The first-order valence-electron chi connectivity index (χ1n) is 7.31. The Balaban J connectivity index is 1.82. The molecular formula is C17H20N2OS. The first kappa shape index (κ1) is 14.4. The second-order valence-electron chi connectivity index (χ2n) is 5.12. The van der Waals surface area contributed by atoms with Gasteiger partial charge in [0, 0.05) is 22.4 Å². The largest absolute Gasteiger partial charge is 0.492 e. The Labute approximate surface area is 130 Å². The summed E-state index contributed by atoms with van der Waals surface area (Å²) in [5.41, 5.74) is 2.63. The zero-order chi connectivity index (χ0) is 14.7. The lowest BCUT2D eigenvalue weighted by Crippen LogP contribution is -2.27. The van der Waals surface area contributed by atoms with Crippen LogP contribution in [0, 0.1) is 0 Å². The van der Waals surface area contributed by atoms with Crippen molar-refractivity contribution in [2.75, 3.05) is 13.7 Å². The minimum Gasteiger partial charge on any atom is -0.492 e. The van der Waals surface area contributed by atoms with Crippen molar-refractivity contribution in [1.82, 2.24) is 10.3 Å². The van der Waals surface area contributed by atoms with Gasteiger partial charge in [0.15, 0.2) is 0 Å². The molecule has 0 saturated heterocycles. The van der Waals surface area contributed by atoms with Crippen LogP contribution in [0.25, 0.3) is 0 Å². The van der Waals surface area contributed by atoms with E-state index in [1.165, 1.54) is 16.0 Å². The molecule has 21 heavy (non-hydrogen) atoms. The molecule has 3 nitrogen and oxygen atoms in total. The predicted molar refractivity (Wildman–Crippen MR) is 87.0 cm³/mol. The van der Waals surface area contributed by atoms with Gasteiger partial charge in [0.25, 0.3) is 0 Å². The van der Waals surface area contributed by atoms with Crippen molar-refractivity contribution >= 4 is 11.8 Å². The van der Waals surface area contributed by atoms with Gasteiger partial charge in [-0.1, -0.05) is 18.2 Å². The van der Waals surface area contributed by atoms with Gasteiger partial charge in [0.1, 0.15) is 5.75 Å². The number of pyridine rings is 1. The summed E-state index contributed by atoms with van der Waals surface area (Å²) in [6, 6.07) is 11.0. The molecule has 0 aliphatic carbocycles. The van der Waals surface area contributed by atoms with Gasteiger partial charge in [-0.25, -0.2) is 0 Å². The molecule has 0 fully saturated rings. The van der Waals surface area contributed by atoms with E-state index in [0.29, 0.717) is 11.9 Å². The Morgan fingerprint density at radius 2 is 2.24 bits per heavy atom. The third-order valence-corrected chi connectivity index (χ3v) is 5.15. The van der Waals surface area contributed by atoms with Crippen molar-refractivity contribution < 1.29 is 4.74 Å². The van der Waals surface area contributed by atoms with E-state index in [4.69, 9.17) is 4.74 Å². The minimum absolute atomic E-state index is 0.273. The van der Waals surface area contributed by atoms with Gasteiger partial charge in [0.05, 0.1) is 12.8 Å². The molecule has 3 rings (SSSR count). The van der Waals surface area contributed by atoms with Crippen molar-refractivity contribution in [3.63, 3.8) is 0 Å². The van der Waals surface area contributed by atoms with E-state index < -0.39 is 0 Å². The van der Waals surface area contributed by atoms with E-state index in [2.05, 4.69) is 40.6 Å². The highest BCUT2D eigenvalue weighted by Gasteiger charge is 2.29. The van der Waals surface area contributed by atoms with E-state index in [1.54, 1.807) is 6.20 Å². The highest BCUT2D eigenvalue weighted by molar-refractivity contribution is 8.00. The molecule has 1 aromatic heterocycles. The van der Waals surface area contributed by atoms with Crippen molar-refractivity contribution in [2.24, 2.45) is 0 Å². The summed E-state index contributed by atoms with van der Waals surface area (Å²) in [6.07, 6.45) is 4.80. The zero-order valence-corrected chi connectivity index (χ0v) is 13.2. The number of fused-ring (bicyclic) bond motifs is 1. The maximum Gasteiger partial charge on any atom is 0.137 e. The number of thioether (sulfide) groups is 1. The highest BCUT2D eigenvalue weighted by atomic mass is 32.2. The summed E-state index contributed by atoms with van der Waals surface area (Å²) in [7, 11) is 2.02. The fraction of sp³-hybridized carbons (Fsp3) is 0.353. The molecule has 2 atom stereocenters. The Kier molecular flexibility index (Phi) is 4.46.